The first kappa shape index (κ1) is 19.3. The van der Waals surface area contributed by atoms with Gasteiger partial charge in [0.15, 0.2) is 0 Å². The fraction of sp³-hybridized carbons (Fsp3) is 0.118. The van der Waals surface area contributed by atoms with Crippen LogP contribution < -0.4 is 16.6 Å². The van der Waals surface area contributed by atoms with Gasteiger partial charge < -0.3 is 11.2 Å². The van der Waals surface area contributed by atoms with Crippen molar-refractivity contribution < 1.29 is 9.18 Å². The van der Waals surface area contributed by atoms with Crippen LogP contribution in [0.5, 0.6) is 0 Å². The highest BCUT2D eigenvalue weighted by Gasteiger charge is 2.12. The van der Waals surface area contributed by atoms with Gasteiger partial charge in [-0.05, 0) is 43.3 Å². The van der Waals surface area contributed by atoms with Gasteiger partial charge in [0, 0.05) is 11.9 Å². The molecule has 0 atom stereocenters. The van der Waals surface area contributed by atoms with E-state index >= 15 is 0 Å². The number of hydrogen-bond acceptors (Lipinski definition) is 8. The third-order valence-electron chi connectivity index (χ3n) is 3.48. The molecule has 0 spiro atoms. The van der Waals surface area contributed by atoms with Crippen LogP contribution in [0, 0.1) is 5.82 Å². The fourth-order valence-electron chi connectivity index (χ4n) is 2.08. The number of nitrogens with zero attached hydrogens (tertiary/aromatic N) is 5. The highest BCUT2D eigenvalue weighted by atomic mass is 32.2. The van der Waals surface area contributed by atoms with Gasteiger partial charge in [-0.25, -0.2) is 14.5 Å². The number of thioether (sulfide) groups is 1. The van der Waals surface area contributed by atoms with Crippen molar-refractivity contribution in [3.8, 4) is 0 Å². The number of rotatable bonds is 7. The number of amides is 1. The molecule has 4 N–H and O–H groups in total. The lowest BCUT2D eigenvalue weighted by Gasteiger charge is -2.05. The summed E-state index contributed by atoms with van der Waals surface area (Å²) >= 11 is 1.11. The zero-order valence-corrected chi connectivity index (χ0v) is 15.7. The predicted octanol–water partition coefficient (Wildman–Crippen LogP) is 2.09. The number of pyridine rings is 1. The molecule has 3 rings (SSSR count). The van der Waals surface area contributed by atoms with Gasteiger partial charge >= 0.3 is 0 Å². The predicted molar refractivity (Wildman–Crippen MR) is 106 cm³/mol. The van der Waals surface area contributed by atoms with Gasteiger partial charge in [0.05, 0.1) is 17.2 Å². The molecule has 2 heterocycles. The molecule has 3 aromatic rings. The molecule has 144 valence electrons. The molecule has 28 heavy (non-hydrogen) atoms. The van der Waals surface area contributed by atoms with Gasteiger partial charge in [0.1, 0.15) is 5.82 Å². The minimum absolute atomic E-state index is 0.0585. The number of nitrogen functional groups attached to an aromatic ring is 1. The van der Waals surface area contributed by atoms with Crippen molar-refractivity contribution in [2.45, 2.75) is 12.1 Å². The molecule has 0 fully saturated rings. The number of aromatic nitrogens is 4. The third kappa shape index (κ3) is 5.04. The Hall–Kier alpha value is -3.47. The Morgan fingerprint density at radius 3 is 2.75 bits per heavy atom. The number of anilines is 2. The van der Waals surface area contributed by atoms with Crippen molar-refractivity contribution in [1.29, 1.82) is 0 Å². The maximum absolute atomic E-state index is 12.9. The molecule has 1 amide bonds. The number of hydrazone groups is 1. The van der Waals surface area contributed by atoms with Crippen LogP contribution in [0.2, 0.25) is 0 Å². The van der Waals surface area contributed by atoms with Crippen molar-refractivity contribution in [2.75, 3.05) is 22.3 Å². The van der Waals surface area contributed by atoms with E-state index in [0.717, 1.165) is 11.8 Å². The zero-order valence-electron chi connectivity index (χ0n) is 14.8. The largest absolute Gasteiger partial charge is 0.334 e. The summed E-state index contributed by atoms with van der Waals surface area (Å²) in [7, 11) is 0. The summed E-state index contributed by atoms with van der Waals surface area (Å²) in [4.78, 5) is 16.2. The van der Waals surface area contributed by atoms with Crippen LogP contribution in [-0.4, -0.2) is 37.2 Å². The second-order valence-electron chi connectivity index (χ2n) is 5.54. The van der Waals surface area contributed by atoms with Crippen molar-refractivity contribution in [3.63, 3.8) is 0 Å². The lowest BCUT2D eigenvalue weighted by molar-refractivity contribution is -0.113. The highest BCUT2D eigenvalue weighted by Crippen LogP contribution is 2.17. The maximum atomic E-state index is 12.9. The average molecular weight is 400 g/mol. The van der Waals surface area contributed by atoms with E-state index in [4.69, 9.17) is 5.84 Å². The van der Waals surface area contributed by atoms with E-state index in [0.29, 0.717) is 22.2 Å². The van der Waals surface area contributed by atoms with E-state index in [1.165, 1.54) is 28.9 Å². The first-order chi connectivity index (χ1) is 13.5. The number of nitrogens with two attached hydrogens (primary N) is 1. The average Bonchev–Trinajstić information content (AvgIpc) is 3.06. The number of carbonyl (C=O) groups excluding carboxylic acids is 1. The standard InChI is InChI=1S/C17H17FN8OS/c1-11(14-4-2-3-9-20-14)22-23-16-24-25-17(26(16)19)28-10-15(27)21-13-7-5-12(18)6-8-13/h2-9H,10,19H2,1H3,(H,21,27)(H,23,24)/b22-11+. The summed E-state index contributed by atoms with van der Waals surface area (Å²) in [6.07, 6.45) is 1.67. The molecule has 2 aromatic heterocycles. The Labute approximate surface area is 164 Å². The van der Waals surface area contributed by atoms with Gasteiger partial charge in [-0.2, -0.15) is 5.10 Å². The second kappa shape index (κ2) is 8.95. The van der Waals surface area contributed by atoms with E-state index in [1.807, 2.05) is 18.2 Å². The van der Waals surface area contributed by atoms with Gasteiger partial charge in [-0.15, -0.1) is 10.2 Å². The molecule has 0 aliphatic heterocycles. The van der Waals surface area contributed by atoms with Gasteiger partial charge in [-0.1, -0.05) is 17.8 Å². The lowest BCUT2D eigenvalue weighted by Crippen LogP contribution is -2.17. The molecule has 0 saturated carbocycles. The van der Waals surface area contributed by atoms with Crippen LogP contribution in [0.1, 0.15) is 12.6 Å². The number of halogens is 1. The van der Waals surface area contributed by atoms with Crippen LogP contribution in [0.25, 0.3) is 0 Å². The highest BCUT2D eigenvalue weighted by molar-refractivity contribution is 7.99. The molecule has 1 aromatic carbocycles. The number of carbonyl (C=O) groups is 1. The summed E-state index contributed by atoms with van der Waals surface area (Å²) in [5.41, 5.74) is 4.59. The van der Waals surface area contributed by atoms with Crippen LogP contribution in [0.4, 0.5) is 16.0 Å². The summed E-state index contributed by atoms with van der Waals surface area (Å²) in [6.45, 7) is 1.79. The SMILES string of the molecule is C/C(=N\Nc1nnc(SCC(=O)Nc2ccc(F)cc2)n1N)c1ccccn1. The van der Waals surface area contributed by atoms with E-state index in [1.54, 1.807) is 13.1 Å². The van der Waals surface area contributed by atoms with Gasteiger partial charge in [0.25, 0.3) is 5.95 Å². The minimum Gasteiger partial charge on any atom is -0.334 e. The summed E-state index contributed by atoms with van der Waals surface area (Å²) in [5, 5.41) is 15.0. The first-order valence-corrected chi connectivity index (χ1v) is 9.12. The van der Waals surface area contributed by atoms with E-state index in [2.05, 4.69) is 31.0 Å². The third-order valence-corrected chi connectivity index (χ3v) is 4.43. The van der Waals surface area contributed by atoms with Gasteiger partial charge in [0.2, 0.25) is 11.1 Å². The molecule has 0 unspecified atom stereocenters. The molecule has 9 nitrogen and oxygen atoms in total. The Balaban J connectivity index is 1.55. The van der Waals surface area contributed by atoms with Gasteiger partial charge in [-0.3, -0.25) is 9.78 Å². The lowest BCUT2D eigenvalue weighted by atomic mass is 10.3. The zero-order chi connectivity index (χ0) is 19.9. The fourth-order valence-corrected chi connectivity index (χ4v) is 2.74. The number of hydrogen-bond donors (Lipinski definition) is 3. The first-order valence-electron chi connectivity index (χ1n) is 8.13. The Kier molecular flexibility index (Phi) is 6.17. The van der Waals surface area contributed by atoms with E-state index in [-0.39, 0.29) is 23.4 Å². The van der Waals surface area contributed by atoms with Crippen molar-refractivity contribution in [2.24, 2.45) is 5.10 Å². The molecular weight excluding hydrogens is 383 g/mol. The van der Waals surface area contributed by atoms with Crippen LogP contribution >= 0.6 is 11.8 Å². The molecule has 11 heteroatoms. The van der Waals surface area contributed by atoms with Crippen LogP contribution in [0.3, 0.4) is 0 Å². The summed E-state index contributed by atoms with van der Waals surface area (Å²) in [5.74, 6) is 5.56. The minimum atomic E-state index is -0.371. The topological polar surface area (TPSA) is 123 Å². The molecular formula is C17H17FN8OS. The second-order valence-corrected chi connectivity index (χ2v) is 6.49. The quantitative estimate of drug-likeness (QED) is 0.240. The van der Waals surface area contributed by atoms with Crippen molar-refractivity contribution in [1.82, 2.24) is 19.9 Å². The monoisotopic (exact) mass is 400 g/mol. The number of nitrogens with one attached hydrogen (secondary N) is 2. The summed E-state index contributed by atoms with van der Waals surface area (Å²) < 4.78 is 14.1. The van der Waals surface area contributed by atoms with E-state index in [9.17, 15) is 9.18 Å². The molecule has 0 aliphatic carbocycles. The summed E-state index contributed by atoms with van der Waals surface area (Å²) in [6, 6.07) is 11.0. The molecule has 0 radical (unpaired) electrons. The molecule has 0 aliphatic rings. The molecule has 0 bridgehead atoms. The van der Waals surface area contributed by atoms with E-state index < -0.39 is 0 Å². The molecule has 0 saturated heterocycles. The smallest absolute Gasteiger partial charge is 0.264 e. The Bertz CT molecular complexity index is 975. The normalized spacial score (nSPS) is 11.3. The van der Waals surface area contributed by atoms with Crippen molar-refractivity contribution in [3.05, 3.63) is 60.2 Å². The van der Waals surface area contributed by atoms with Crippen molar-refractivity contribution >= 4 is 35.0 Å². The Morgan fingerprint density at radius 2 is 2.04 bits per heavy atom. The van der Waals surface area contributed by atoms with Crippen LogP contribution in [0.15, 0.2) is 58.9 Å². The Morgan fingerprint density at radius 1 is 1.25 bits per heavy atom. The number of benzene rings is 1. The maximum Gasteiger partial charge on any atom is 0.264 e. The van der Waals surface area contributed by atoms with Crippen LogP contribution in [-0.2, 0) is 4.79 Å².